The SMILES string of the molecule is CCn1nc(C)c(Cl)c1CC(O)c1ccco1. The lowest BCUT2D eigenvalue weighted by Crippen LogP contribution is -2.08. The van der Waals surface area contributed by atoms with Crippen molar-refractivity contribution in [2.75, 3.05) is 0 Å². The average molecular weight is 255 g/mol. The summed E-state index contributed by atoms with van der Waals surface area (Å²) in [5, 5.41) is 15.0. The Labute approximate surface area is 105 Å². The fraction of sp³-hybridized carbons (Fsp3) is 0.417. The van der Waals surface area contributed by atoms with Gasteiger partial charge in [0, 0.05) is 13.0 Å². The first kappa shape index (κ1) is 12.2. The molecule has 2 rings (SSSR count). The lowest BCUT2D eigenvalue weighted by molar-refractivity contribution is 0.147. The average Bonchev–Trinajstić information content (AvgIpc) is 2.92. The first-order chi connectivity index (χ1) is 8.13. The Morgan fingerprint density at radius 1 is 1.59 bits per heavy atom. The zero-order chi connectivity index (χ0) is 12.4. The molecule has 92 valence electrons. The van der Waals surface area contributed by atoms with Crippen LogP contribution in [0.25, 0.3) is 0 Å². The maximum absolute atomic E-state index is 10.0. The normalized spacial score (nSPS) is 12.9. The molecule has 0 spiro atoms. The number of aliphatic hydroxyl groups is 1. The molecule has 0 aliphatic heterocycles. The molecule has 0 aromatic carbocycles. The molecule has 1 atom stereocenters. The van der Waals surface area contributed by atoms with Crippen LogP contribution in [0.5, 0.6) is 0 Å². The van der Waals surface area contributed by atoms with Crippen molar-refractivity contribution in [1.82, 2.24) is 9.78 Å². The van der Waals surface area contributed by atoms with Crippen LogP contribution < -0.4 is 0 Å². The van der Waals surface area contributed by atoms with Crippen LogP contribution in [0, 0.1) is 6.92 Å². The first-order valence-corrected chi connectivity index (χ1v) is 5.94. The van der Waals surface area contributed by atoms with Crippen molar-refractivity contribution in [2.24, 2.45) is 0 Å². The largest absolute Gasteiger partial charge is 0.467 e. The second-order valence-corrected chi connectivity index (χ2v) is 4.28. The van der Waals surface area contributed by atoms with Gasteiger partial charge in [-0.25, -0.2) is 0 Å². The molecule has 2 heterocycles. The van der Waals surface area contributed by atoms with Crippen molar-refractivity contribution in [3.63, 3.8) is 0 Å². The molecular weight excluding hydrogens is 240 g/mol. The number of aliphatic hydroxyl groups excluding tert-OH is 1. The summed E-state index contributed by atoms with van der Waals surface area (Å²) < 4.78 is 6.97. The Kier molecular flexibility index (Phi) is 3.54. The van der Waals surface area contributed by atoms with Crippen molar-refractivity contribution < 1.29 is 9.52 Å². The minimum Gasteiger partial charge on any atom is -0.467 e. The second-order valence-electron chi connectivity index (χ2n) is 3.90. The summed E-state index contributed by atoms with van der Waals surface area (Å²) in [4.78, 5) is 0. The summed E-state index contributed by atoms with van der Waals surface area (Å²) in [5.41, 5.74) is 1.63. The van der Waals surface area contributed by atoms with Crippen LogP contribution >= 0.6 is 11.6 Å². The summed E-state index contributed by atoms with van der Waals surface area (Å²) in [6, 6.07) is 3.50. The summed E-state index contributed by atoms with van der Waals surface area (Å²) >= 11 is 6.17. The van der Waals surface area contributed by atoms with E-state index in [1.807, 2.05) is 18.5 Å². The van der Waals surface area contributed by atoms with E-state index in [0.29, 0.717) is 17.2 Å². The minimum absolute atomic E-state index is 0.404. The third-order valence-corrected chi connectivity index (χ3v) is 3.20. The van der Waals surface area contributed by atoms with E-state index < -0.39 is 6.10 Å². The number of hydrogen-bond donors (Lipinski definition) is 1. The molecule has 0 fully saturated rings. The van der Waals surface area contributed by atoms with E-state index in [0.717, 1.165) is 17.9 Å². The Morgan fingerprint density at radius 3 is 2.94 bits per heavy atom. The molecule has 0 radical (unpaired) electrons. The van der Waals surface area contributed by atoms with Gasteiger partial charge >= 0.3 is 0 Å². The summed E-state index contributed by atoms with van der Waals surface area (Å²) in [6.45, 7) is 4.58. The summed E-state index contributed by atoms with van der Waals surface area (Å²) in [7, 11) is 0. The number of hydrogen-bond acceptors (Lipinski definition) is 3. The van der Waals surface area contributed by atoms with Crippen molar-refractivity contribution in [1.29, 1.82) is 0 Å². The van der Waals surface area contributed by atoms with Gasteiger partial charge in [0.15, 0.2) is 0 Å². The number of furan rings is 1. The highest BCUT2D eigenvalue weighted by Crippen LogP contribution is 2.26. The third kappa shape index (κ3) is 2.37. The quantitative estimate of drug-likeness (QED) is 0.913. The Morgan fingerprint density at radius 2 is 2.35 bits per heavy atom. The molecule has 1 unspecified atom stereocenters. The van der Waals surface area contributed by atoms with Gasteiger partial charge in [-0.15, -0.1) is 0 Å². The maximum atomic E-state index is 10.0. The number of rotatable bonds is 4. The topological polar surface area (TPSA) is 51.2 Å². The van der Waals surface area contributed by atoms with E-state index in [9.17, 15) is 5.11 Å². The van der Waals surface area contributed by atoms with E-state index in [1.165, 1.54) is 0 Å². The molecule has 0 saturated carbocycles. The molecule has 2 aromatic rings. The van der Waals surface area contributed by atoms with Gasteiger partial charge in [-0.05, 0) is 26.0 Å². The van der Waals surface area contributed by atoms with Crippen LogP contribution in [0.4, 0.5) is 0 Å². The van der Waals surface area contributed by atoms with Gasteiger partial charge in [0.2, 0.25) is 0 Å². The lowest BCUT2D eigenvalue weighted by atomic mass is 10.1. The van der Waals surface area contributed by atoms with Crippen molar-refractivity contribution >= 4 is 11.6 Å². The van der Waals surface area contributed by atoms with Gasteiger partial charge in [-0.2, -0.15) is 5.10 Å². The molecule has 0 aliphatic rings. The van der Waals surface area contributed by atoms with Crippen LogP contribution in [0.3, 0.4) is 0 Å². The monoisotopic (exact) mass is 254 g/mol. The molecule has 2 aromatic heterocycles. The summed E-state index contributed by atoms with van der Waals surface area (Å²) in [5.74, 6) is 0.544. The highest BCUT2D eigenvalue weighted by molar-refractivity contribution is 6.31. The molecule has 0 aliphatic carbocycles. The van der Waals surface area contributed by atoms with Gasteiger partial charge in [-0.3, -0.25) is 4.68 Å². The minimum atomic E-state index is -0.691. The van der Waals surface area contributed by atoms with E-state index in [1.54, 1.807) is 18.4 Å². The van der Waals surface area contributed by atoms with Gasteiger partial charge in [-0.1, -0.05) is 11.6 Å². The van der Waals surface area contributed by atoms with Crippen LogP contribution in [-0.2, 0) is 13.0 Å². The lowest BCUT2D eigenvalue weighted by Gasteiger charge is -2.09. The maximum Gasteiger partial charge on any atom is 0.132 e. The number of aryl methyl sites for hydroxylation is 2. The summed E-state index contributed by atoms with van der Waals surface area (Å²) in [6.07, 6.45) is 1.26. The van der Waals surface area contributed by atoms with Gasteiger partial charge in [0.05, 0.1) is 22.7 Å². The zero-order valence-corrected chi connectivity index (χ0v) is 10.6. The predicted octanol–water partition coefficient (Wildman–Crippen LogP) is 2.73. The van der Waals surface area contributed by atoms with Crippen LogP contribution in [0.15, 0.2) is 22.8 Å². The standard InChI is InChI=1S/C12H15ClN2O2/c1-3-15-9(12(13)8(2)14-15)7-10(16)11-5-4-6-17-11/h4-6,10,16H,3,7H2,1-2H3. The van der Waals surface area contributed by atoms with E-state index in [2.05, 4.69) is 5.10 Å². The van der Waals surface area contributed by atoms with Crippen molar-refractivity contribution in [3.05, 3.63) is 40.6 Å². The fourth-order valence-electron chi connectivity index (χ4n) is 1.83. The van der Waals surface area contributed by atoms with E-state index in [-0.39, 0.29) is 0 Å². The molecule has 0 amide bonds. The fourth-order valence-corrected chi connectivity index (χ4v) is 2.04. The molecular formula is C12H15ClN2O2. The van der Waals surface area contributed by atoms with Crippen molar-refractivity contribution in [3.8, 4) is 0 Å². The number of aromatic nitrogens is 2. The molecule has 5 heteroatoms. The van der Waals surface area contributed by atoms with Gasteiger partial charge in [0.25, 0.3) is 0 Å². The Balaban J connectivity index is 2.24. The first-order valence-electron chi connectivity index (χ1n) is 5.56. The van der Waals surface area contributed by atoms with Crippen LogP contribution in [-0.4, -0.2) is 14.9 Å². The smallest absolute Gasteiger partial charge is 0.132 e. The molecule has 4 nitrogen and oxygen atoms in total. The van der Waals surface area contributed by atoms with Crippen LogP contribution in [0.1, 0.15) is 30.2 Å². The van der Waals surface area contributed by atoms with Crippen LogP contribution in [0.2, 0.25) is 5.02 Å². The Hall–Kier alpha value is -1.26. The van der Waals surface area contributed by atoms with E-state index >= 15 is 0 Å². The molecule has 0 bridgehead atoms. The third-order valence-electron chi connectivity index (χ3n) is 2.71. The van der Waals surface area contributed by atoms with E-state index in [4.69, 9.17) is 16.0 Å². The van der Waals surface area contributed by atoms with Crippen molar-refractivity contribution in [2.45, 2.75) is 32.9 Å². The predicted molar refractivity (Wildman–Crippen MR) is 65.0 cm³/mol. The molecule has 0 saturated heterocycles. The number of nitrogens with zero attached hydrogens (tertiary/aromatic N) is 2. The highest BCUT2D eigenvalue weighted by Gasteiger charge is 2.18. The molecule has 17 heavy (non-hydrogen) atoms. The Bertz CT molecular complexity index is 491. The highest BCUT2D eigenvalue weighted by atomic mass is 35.5. The second kappa shape index (κ2) is 4.94. The molecule has 1 N–H and O–H groups in total. The van der Waals surface area contributed by atoms with Gasteiger partial charge in [0.1, 0.15) is 11.9 Å². The zero-order valence-electron chi connectivity index (χ0n) is 9.85. The van der Waals surface area contributed by atoms with Gasteiger partial charge < -0.3 is 9.52 Å². The number of halogens is 1.